The number of piperidine rings is 1. The van der Waals surface area contributed by atoms with Crippen molar-refractivity contribution in [1.29, 1.82) is 0 Å². The lowest BCUT2D eigenvalue weighted by Gasteiger charge is -2.29. The Morgan fingerprint density at radius 1 is 1.28 bits per heavy atom. The molecule has 8 nitrogen and oxygen atoms in total. The van der Waals surface area contributed by atoms with Gasteiger partial charge in [0.05, 0.1) is 17.5 Å². The summed E-state index contributed by atoms with van der Waals surface area (Å²) in [6.07, 6.45) is 3.11. The van der Waals surface area contributed by atoms with Crippen molar-refractivity contribution in [3.05, 3.63) is 36.0 Å². The Morgan fingerprint density at radius 2 is 2.00 bits per heavy atom. The van der Waals surface area contributed by atoms with E-state index in [9.17, 15) is 9.18 Å². The van der Waals surface area contributed by atoms with Crippen LogP contribution in [0.1, 0.15) is 39.3 Å². The van der Waals surface area contributed by atoms with Gasteiger partial charge in [-0.1, -0.05) is 0 Å². The topological polar surface area (TPSA) is 91.7 Å². The third kappa shape index (κ3) is 6.23. The monoisotopic (exact) mass is 442 g/mol. The summed E-state index contributed by atoms with van der Waals surface area (Å²) in [4.78, 5) is 28.0. The van der Waals surface area contributed by atoms with Gasteiger partial charge in [-0.3, -0.25) is 4.79 Å². The fourth-order valence-electron chi connectivity index (χ4n) is 3.43. The number of nitrogens with one attached hydrogen (secondary N) is 2. The molecule has 0 bridgehead atoms. The Morgan fingerprint density at radius 3 is 2.69 bits per heavy atom. The van der Waals surface area contributed by atoms with E-state index in [1.54, 1.807) is 19.9 Å². The van der Waals surface area contributed by atoms with Gasteiger partial charge in [0.25, 0.3) is 5.91 Å². The first-order chi connectivity index (χ1) is 15.2. The third-order valence-electron chi connectivity index (χ3n) is 5.23. The number of nitrogens with zero attached hydrogens (tertiary/aromatic N) is 4. The molecule has 0 aliphatic carbocycles. The fourth-order valence-corrected chi connectivity index (χ4v) is 3.43. The Bertz CT molecular complexity index is 986. The highest BCUT2D eigenvalue weighted by molar-refractivity contribution is 6.38. The molecule has 1 aromatic heterocycles. The van der Waals surface area contributed by atoms with Crippen LogP contribution in [0.25, 0.3) is 0 Å². The second-order valence-corrected chi connectivity index (χ2v) is 8.34. The molecule has 1 aromatic carbocycles. The van der Waals surface area contributed by atoms with Crippen molar-refractivity contribution in [1.82, 2.24) is 20.2 Å². The number of likely N-dealkylation sites (tertiary alicyclic amines) is 1. The average molecular weight is 443 g/mol. The van der Waals surface area contributed by atoms with Crippen LogP contribution in [0.5, 0.6) is 5.75 Å². The molecule has 2 aromatic rings. The third-order valence-corrected chi connectivity index (χ3v) is 5.23. The van der Waals surface area contributed by atoms with E-state index in [2.05, 4.69) is 37.5 Å². The van der Waals surface area contributed by atoms with Crippen LogP contribution in [-0.4, -0.2) is 58.8 Å². The molecule has 1 amide bonds. The van der Waals surface area contributed by atoms with Crippen molar-refractivity contribution in [3.8, 4) is 5.75 Å². The molecule has 172 valence electrons. The molecular weight excluding hydrogens is 411 g/mol. The second kappa shape index (κ2) is 10.5. The smallest absolute Gasteiger partial charge is 0.265 e. The number of anilines is 2. The molecular formula is C23H31FN6O2. The van der Waals surface area contributed by atoms with Crippen LogP contribution >= 0.6 is 0 Å². The SMILES string of the molecule is CC(=Nc1c(C)ncnc1Nc1ccc(F)cc1OC(C)C)C(=O)NC1CCN(C)CC1. The molecule has 1 aliphatic heterocycles. The number of aromatic nitrogens is 2. The molecule has 2 N–H and O–H groups in total. The molecule has 0 unspecified atom stereocenters. The first kappa shape index (κ1) is 23.6. The number of carbonyl (C=O) groups excluding carboxylic acids is 1. The predicted molar refractivity (Wildman–Crippen MR) is 124 cm³/mol. The summed E-state index contributed by atoms with van der Waals surface area (Å²) in [5, 5.41) is 6.22. The van der Waals surface area contributed by atoms with Gasteiger partial charge in [0, 0.05) is 12.1 Å². The number of hydrogen-bond donors (Lipinski definition) is 2. The Hall–Kier alpha value is -3.07. The van der Waals surface area contributed by atoms with Gasteiger partial charge in [0.15, 0.2) is 5.82 Å². The number of aliphatic imine (C=N–C) groups is 1. The van der Waals surface area contributed by atoms with E-state index in [1.807, 2.05) is 13.8 Å². The van der Waals surface area contributed by atoms with Gasteiger partial charge < -0.3 is 20.3 Å². The minimum Gasteiger partial charge on any atom is -0.489 e. The largest absolute Gasteiger partial charge is 0.489 e. The van der Waals surface area contributed by atoms with Crippen molar-refractivity contribution in [2.75, 3.05) is 25.5 Å². The summed E-state index contributed by atoms with van der Waals surface area (Å²) in [5.41, 5.74) is 1.93. The maximum atomic E-state index is 13.8. The second-order valence-electron chi connectivity index (χ2n) is 8.34. The van der Waals surface area contributed by atoms with Crippen LogP contribution in [0.15, 0.2) is 29.5 Å². The van der Waals surface area contributed by atoms with Gasteiger partial charge in [-0.05, 0) is 72.8 Å². The highest BCUT2D eigenvalue weighted by atomic mass is 19.1. The predicted octanol–water partition coefficient (Wildman–Crippen LogP) is 3.76. The summed E-state index contributed by atoms with van der Waals surface area (Å²) >= 11 is 0. The van der Waals surface area contributed by atoms with Crippen LogP contribution in [-0.2, 0) is 4.79 Å². The van der Waals surface area contributed by atoms with Crippen LogP contribution in [0.4, 0.5) is 21.6 Å². The molecule has 3 rings (SSSR count). The molecule has 1 aliphatic rings. The van der Waals surface area contributed by atoms with E-state index < -0.39 is 5.82 Å². The number of amides is 1. The number of benzene rings is 1. The quantitative estimate of drug-likeness (QED) is 0.635. The Labute approximate surface area is 188 Å². The summed E-state index contributed by atoms with van der Waals surface area (Å²) in [7, 11) is 2.08. The molecule has 0 spiro atoms. The van der Waals surface area contributed by atoms with Gasteiger partial charge in [0.1, 0.15) is 29.3 Å². The van der Waals surface area contributed by atoms with Crippen LogP contribution in [0, 0.1) is 12.7 Å². The van der Waals surface area contributed by atoms with Crippen molar-refractivity contribution in [2.45, 2.75) is 52.7 Å². The van der Waals surface area contributed by atoms with Crippen molar-refractivity contribution < 1.29 is 13.9 Å². The van der Waals surface area contributed by atoms with Gasteiger partial charge in [0.2, 0.25) is 0 Å². The van der Waals surface area contributed by atoms with Crippen molar-refractivity contribution >= 4 is 28.8 Å². The van der Waals surface area contributed by atoms with E-state index in [4.69, 9.17) is 4.74 Å². The lowest BCUT2D eigenvalue weighted by atomic mass is 10.1. The lowest BCUT2D eigenvalue weighted by molar-refractivity contribution is -0.115. The molecule has 0 atom stereocenters. The fraction of sp³-hybridized carbons (Fsp3) is 0.478. The highest BCUT2D eigenvalue weighted by Gasteiger charge is 2.20. The first-order valence-electron chi connectivity index (χ1n) is 10.8. The average Bonchev–Trinajstić information content (AvgIpc) is 2.73. The van der Waals surface area contributed by atoms with E-state index >= 15 is 0 Å². The number of aryl methyl sites for hydroxylation is 1. The van der Waals surface area contributed by atoms with E-state index in [-0.39, 0.29) is 18.1 Å². The zero-order valence-electron chi connectivity index (χ0n) is 19.3. The van der Waals surface area contributed by atoms with Gasteiger partial charge in [-0.2, -0.15) is 0 Å². The summed E-state index contributed by atoms with van der Waals surface area (Å²) < 4.78 is 19.5. The first-order valence-corrected chi connectivity index (χ1v) is 10.8. The van der Waals surface area contributed by atoms with E-state index in [0.717, 1.165) is 25.9 Å². The molecule has 1 fully saturated rings. The molecule has 32 heavy (non-hydrogen) atoms. The standard InChI is InChI=1S/C23H31FN6O2/c1-14(2)32-20-12-17(24)6-7-19(20)29-22-21(15(3)25-13-26-22)27-16(4)23(31)28-18-8-10-30(5)11-9-18/h6-7,12-14,18H,8-11H2,1-5H3,(H,28,31)(H,25,26,29). The van der Waals surface area contributed by atoms with Gasteiger partial charge >= 0.3 is 0 Å². The number of carbonyl (C=O) groups is 1. The molecule has 0 radical (unpaired) electrons. The maximum absolute atomic E-state index is 13.8. The number of hydrogen-bond acceptors (Lipinski definition) is 7. The van der Waals surface area contributed by atoms with Gasteiger partial charge in [-0.15, -0.1) is 0 Å². The molecule has 1 saturated heterocycles. The number of ether oxygens (including phenoxy) is 1. The van der Waals surface area contributed by atoms with Gasteiger partial charge in [-0.25, -0.2) is 19.4 Å². The highest BCUT2D eigenvalue weighted by Crippen LogP contribution is 2.33. The summed E-state index contributed by atoms with van der Waals surface area (Å²) in [6, 6.07) is 4.38. The van der Waals surface area contributed by atoms with Crippen LogP contribution in [0.3, 0.4) is 0 Å². The molecule has 9 heteroatoms. The van der Waals surface area contributed by atoms with E-state index in [1.165, 1.54) is 18.5 Å². The molecule has 2 heterocycles. The zero-order valence-corrected chi connectivity index (χ0v) is 19.3. The maximum Gasteiger partial charge on any atom is 0.265 e. The van der Waals surface area contributed by atoms with Crippen molar-refractivity contribution in [2.24, 2.45) is 4.99 Å². The normalized spacial score (nSPS) is 15.7. The number of rotatable bonds is 7. The Kier molecular flexibility index (Phi) is 7.74. The number of halogens is 1. The zero-order chi connectivity index (χ0) is 23.3. The summed E-state index contributed by atoms with van der Waals surface area (Å²) in [6.45, 7) is 9.12. The van der Waals surface area contributed by atoms with Crippen molar-refractivity contribution in [3.63, 3.8) is 0 Å². The van der Waals surface area contributed by atoms with E-state index in [0.29, 0.717) is 34.3 Å². The minimum absolute atomic E-state index is 0.132. The van der Waals surface area contributed by atoms with Crippen LogP contribution in [0.2, 0.25) is 0 Å². The van der Waals surface area contributed by atoms with Crippen LogP contribution < -0.4 is 15.4 Å². The Balaban J connectivity index is 1.83. The summed E-state index contributed by atoms with van der Waals surface area (Å²) in [5.74, 6) is 0.163. The molecule has 0 saturated carbocycles. The lowest BCUT2D eigenvalue weighted by Crippen LogP contribution is -2.45. The minimum atomic E-state index is -0.398.